The Kier molecular flexibility index (Phi) is 8.80. The number of tetrazole rings is 1. The summed E-state index contributed by atoms with van der Waals surface area (Å²) in [6, 6.07) is 9.97. The van der Waals surface area contributed by atoms with Crippen LogP contribution in [0.25, 0.3) is 23.0 Å². The van der Waals surface area contributed by atoms with Crippen molar-refractivity contribution in [2.24, 2.45) is 0 Å². The quantitative estimate of drug-likeness (QED) is 0.261. The fourth-order valence-corrected chi connectivity index (χ4v) is 4.83. The maximum Gasteiger partial charge on any atom is 0.411 e. The van der Waals surface area contributed by atoms with E-state index >= 15 is 0 Å². The topological polar surface area (TPSA) is 149 Å². The van der Waals surface area contributed by atoms with Crippen molar-refractivity contribution in [3.8, 4) is 22.7 Å². The number of fused-ring (bicyclic) bond motifs is 4. The van der Waals surface area contributed by atoms with Gasteiger partial charge in [-0.3, -0.25) is 10.1 Å². The molecule has 0 fully saturated rings. The van der Waals surface area contributed by atoms with E-state index in [1.165, 1.54) is 24.2 Å². The number of H-pyrrole nitrogens is 1. The Morgan fingerprint density at radius 2 is 2.05 bits per heavy atom. The van der Waals surface area contributed by atoms with Crippen LogP contribution in [0.2, 0.25) is 10.2 Å². The summed E-state index contributed by atoms with van der Waals surface area (Å²) in [6.45, 7) is 0.465. The molecule has 2 amide bonds. The van der Waals surface area contributed by atoms with Crippen LogP contribution in [0.1, 0.15) is 43.1 Å². The molecule has 2 bridgehead atoms. The number of rotatable bonds is 5. The maximum atomic E-state index is 13.1. The molecule has 212 valence electrons. The van der Waals surface area contributed by atoms with Gasteiger partial charge in [-0.2, -0.15) is 4.68 Å². The summed E-state index contributed by atoms with van der Waals surface area (Å²) < 4.78 is 12.2. The van der Waals surface area contributed by atoms with Gasteiger partial charge in [0.05, 0.1) is 25.4 Å². The molecule has 0 unspecified atom stereocenters. The Hall–Kier alpha value is -4.42. The molecule has 1 atom stereocenters. The van der Waals surface area contributed by atoms with Crippen molar-refractivity contribution >= 4 is 47.0 Å². The number of methoxy groups -OCH3 is 1. The number of imidazole rings is 1. The predicted octanol–water partition coefficient (Wildman–Crippen LogP) is 5.36. The van der Waals surface area contributed by atoms with Gasteiger partial charge < -0.3 is 19.8 Å². The highest BCUT2D eigenvalue weighted by Gasteiger charge is 2.23. The molecule has 3 N–H and O–H groups in total. The molecular weight excluding hydrogens is 571 g/mol. The van der Waals surface area contributed by atoms with Crippen LogP contribution < -0.4 is 15.4 Å². The number of carbonyl (C=O) groups is 2. The predicted molar refractivity (Wildman–Crippen MR) is 153 cm³/mol. The second-order valence-electron chi connectivity index (χ2n) is 9.16. The van der Waals surface area contributed by atoms with Crippen LogP contribution in [-0.2, 0) is 9.53 Å². The van der Waals surface area contributed by atoms with Crippen molar-refractivity contribution in [3.05, 3.63) is 70.4 Å². The van der Waals surface area contributed by atoms with Crippen LogP contribution in [0.15, 0.2) is 48.8 Å². The fraction of sp³-hybridized carbons (Fsp3) is 0.259. The molecule has 0 aliphatic carbocycles. The highest BCUT2D eigenvalue weighted by Crippen LogP contribution is 2.37. The van der Waals surface area contributed by atoms with Gasteiger partial charge in [0, 0.05) is 34.0 Å². The van der Waals surface area contributed by atoms with Crippen molar-refractivity contribution in [1.29, 1.82) is 0 Å². The van der Waals surface area contributed by atoms with E-state index in [4.69, 9.17) is 32.9 Å². The van der Waals surface area contributed by atoms with Gasteiger partial charge >= 0.3 is 6.09 Å². The number of ether oxygens (including phenoxy) is 2. The van der Waals surface area contributed by atoms with E-state index in [2.05, 4.69) is 35.9 Å². The highest BCUT2D eigenvalue weighted by atomic mass is 35.5. The van der Waals surface area contributed by atoms with Crippen LogP contribution >= 0.6 is 23.2 Å². The first-order valence-corrected chi connectivity index (χ1v) is 13.6. The van der Waals surface area contributed by atoms with E-state index in [0.29, 0.717) is 63.0 Å². The average molecular weight is 597 g/mol. The lowest BCUT2D eigenvalue weighted by Crippen LogP contribution is -2.27. The minimum absolute atomic E-state index is 0.303. The zero-order valence-corrected chi connectivity index (χ0v) is 23.4. The first kappa shape index (κ1) is 28.1. The summed E-state index contributed by atoms with van der Waals surface area (Å²) in [5.74, 6) is 0.719. The smallest absolute Gasteiger partial charge is 0.411 e. The summed E-state index contributed by atoms with van der Waals surface area (Å²) in [7, 11) is 1.29. The maximum absolute atomic E-state index is 13.1. The third-order valence-corrected chi connectivity index (χ3v) is 6.90. The number of halogens is 2. The van der Waals surface area contributed by atoms with Crippen molar-refractivity contribution in [3.63, 3.8) is 0 Å². The van der Waals surface area contributed by atoms with Crippen molar-refractivity contribution in [1.82, 2.24) is 35.5 Å². The Morgan fingerprint density at radius 1 is 1.17 bits per heavy atom. The van der Waals surface area contributed by atoms with Gasteiger partial charge in [-0.05, 0) is 66.1 Å². The fourth-order valence-electron chi connectivity index (χ4n) is 4.41. The largest absolute Gasteiger partial charge is 0.493 e. The Morgan fingerprint density at radius 3 is 2.85 bits per heavy atom. The Labute approximate surface area is 245 Å². The molecule has 2 aromatic carbocycles. The first-order chi connectivity index (χ1) is 19.9. The second kappa shape index (κ2) is 12.8. The van der Waals surface area contributed by atoms with Crippen molar-refractivity contribution in [2.45, 2.75) is 31.7 Å². The summed E-state index contributed by atoms with van der Waals surface area (Å²) >= 11 is 12.8. The SMILES string of the molecule is COC(=O)Nc1ccc2c(c1)OCCCCC[C@H](NC(=O)C=Cc1cc(Cl)ccc1-n1cnnn1)c1nc-2c(Cl)[nH]1. The molecule has 12 nitrogen and oxygen atoms in total. The number of amides is 2. The van der Waals surface area contributed by atoms with Crippen LogP contribution in [0.4, 0.5) is 10.5 Å². The normalized spacial score (nSPS) is 15.2. The zero-order valence-electron chi connectivity index (χ0n) is 21.9. The Bertz CT molecular complexity index is 1570. The second-order valence-corrected chi connectivity index (χ2v) is 9.98. The third-order valence-electron chi connectivity index (χ3n) is 6.39. The summed E-state index contributed by atoms with van der Waals surface area (Å²) in [5.41, 5.74) is 2.97. The summed E-state index contributed by atoms with van der Waals surface area (Å²) in [4.78, 5) is 32.6. The minimum Gasteiger partial charge on any atom is -0.493 e. The number of anilines is 1. The van der Waals surface area contributed by atoms with E-state index in [9.17, 15) is 9.59 Å². The number of nitrogens with zero attached hydrogens (tertiary/aromatic N) is 5. The van der Waals surface area contributed by atoms with E-state index in [1.54, 1.807) is 42.5 Å². The van der Waals surface area contributed by atoms with Gasteiger partial charge in [0.15, 0.2) is 0 Å². The van der Waals surface area contributed by atoms with Gasteiger partial charge in [0.25, 0.3) is 0 Å². The minimum atomic E-state index is -0.590. The zero-order chi connectivity index (χ0) is 28.8. The van der Waals surface area contributed by atoms with Crippen LogP contribution in [-0.4, -0.2) is 55.9 Å². The molecule has 3 heterocycles. The molecule has 5 rings (SSSR count). The molecule has 1 aliphatic heterocycles. The number of aromatic amines is 1. The molecule has 0 spiro atoms. The molecular formula is C27H26Cl2N8O4. The van der Waals surface area contributed by atoms with Crippen LogP contribution in [0.3, 0.4) is 0 Å². The van der Waals surface area contributed by atoms with E-state index in [1.807, 2.05) is 0 Å². The molecule has 14 heteroatoms. The average Bonchev–Trinajstić information content (AvgIpc) is 3.63. The van der Waals surface area contributed by atoms with Crippen LogP contribution in [0.5, 0.6) is 5.75 Å². The molecule has 0 saturated carbocycles. The molecule has 2 aromatic heterocycles. The third kappa shape index (κ3) is 6.84. The molecule has 1 aliphatic rings. The number of hydrogen-bond donors (Lipinski definition) is 3. The van der Waals surface area contributed by atoms with Gasteiger partial charge in [0.2, 0.25) is 5.91 Å². The molecule has 0 saturated heterocycles. The lowest BCUT2D eigenvalue weighted by molar-refractivity contribution is -0.117. The van der Waals surface area contributed by atoms with Crippen molar-refractivity contribution in [2.75, 3.05) is 19.0 Å². The number of benzene rings is 2. The number of carbonyl (C=O) groups excluding carboxylic acids is 2. The van der Waals surface area contributed by atoms with Gasteiger partial charge in [0.1, 0.15) is 28.7 Å². The summed E-state index contributed by atoms with van der Waals surface area (Å²) in [6.07, 6.45) is 7.09. The van der Waals surface area contributed by atoms with Gasteiger partial charge in [-0.25, -0.2) is 9.78 Å². The number of hydrogen-bond acceptors (Lipinski definition) is 8. The van der Waals surface area contributed by atoms with E-state index in [-0.39, 0.29) is 5.91 Å². The van der Waals surface area contributed by atoms with Crippen LogP contribution in [0, 0.1) is 0 Å². The standard InChI is InChI=1S/C27H26Cl2N8O4/c1-40-27(39)31-18-8-9-19-22(14-18)41-12-4-2-3-5-20(26-33-24(19)25(29)34-26)32-23(38)11-6-16-13-17(28)7-10-21(16)37-15-30-35-36-37/h6-11,13-15,20H,2-5,12H2,1H3,(H,31,39)(H,32,38)(H,33,34)/t20-/m0/s1. The van der Waals surface area contributed by atoms with E-state index < -0.39 is 12.1 Å². The molecule has 4 aromatic rings. The first-order valence-electron chi connectivity index (χ1n) is 12.8. The number of nitrogens with one attached hydrogen (secondary N) is 3. The van der Waals surface area contributed by atoms with E-state index in [0.717, 1.165) is 19.3 Å². The lowest BCUT2D eigenvalue weighted by atomic mass is 10.1. The number of aromatic nitrogens is 6. The highest BCUT2D eigenvalue weighted by molar-refractivity contribution is 6.32. The molecule has 0 radical (unpaired) electrons. The molecule has 41 heavy (non-hydrogen) atoms. The monoisotopic (exact) mass is 596 g/mol. The van der Waals surface area contributed by atoms with Gasteiger partial charge in [-0.1, -0.05) is 29.6 Å². The summed E-state index contributed by atoms with van der Waals surface area (Å²) in [5, 5.41) is 17.8. The Balaban J connectivity index is 1.39. The van der Waals surface area contributed by atoms with Gasteiger partial charge in [-0.15, -0.1) is 5.10 Å². The lowest BCUT2D eigenvalue weighted by Gasteiger charge is -2.17. The van der Waals surface area contributed by atoms with Crippen molar-refractivity contribution < 1.29 is 19.1 Å².